The maximum Gasteiger partial charge on any atom is 0.328 e. The van der Waals surface area contributed by atoms with E-state index in [4.69, 9.17) is 0 Å². The summed E-state index contributed by atoms with van der Waals surface area (Å²) in [5, 5.41) is 5.68. The van der Waals surface area contributed by atoms with Gasteiger partial charge in [-0.15, -0.1) is 0 Å². The van der Waals surface area contributed by atoms with Crippen LogP contribution in [0.15, 0.2) is 74.1 Å². The Morgan fingerprint density at radius 3 is 2.20 bits per heavy atom. The van der Waals surface area contributed by atoms with Crippen molar-refractivity contribution >= 4 is 87.8 Å². The quantitative estimate of drug-likeness (QED) is 0.222. The summed E-state index contributed by atoms with van der Waals surface area (Å²) in [5.41, 5.74) is 4.40. The Morgan fingerprint density at radius 1 is 0.800 bits per heavy atom. The Kier molecular flexibility index (Phi) is 7.39. The molecule has 4 aromatic rings. The third-order valence-corrected chi connectivity index (χ3v) is 6.61. The molecule has 11 heteroatoms. The normalized spacial score (nSPS) is 10.8. The number of hydrogen-bond donors (Lipinski definition) is 3. The van der Waals surface area contributed by atoms with E-state index in [9.17, 15) is 18.8 Å². The zero-order chi connectivity index (χ0) is 25.3. The fraction of sp³-hybridized carbons (Fsp3) is 0.0417. The van der Waals surface area contributed by atoms with Crippen molar-refractivity contribution < 1.29 is 18.8 Å². The minimum Gasteiger partial charge on any atom is -0.320 e. The van der Waals surface area contributed by atoms with Crippen LogP contribution in [0.25, 0.3) is 10.9 Å². The van der Waals surface area contributed by atoms with E-state index in [0.29, 0.717) is 25.5 Å². The number of rotatable bonds is 4. The molecular formula is C24H16Br3FN4O3. The molecule has 3 N–H and O–H groups in total. The molecule has 0 spiro atoms. The van der Waals surface area contributed by atoms with Gasteiger partial charge < -0.3 is 10.6 Å². The van der Waals surface area contributed by atoms with E-state index in [0.717, 1.165) is 16.1 Å². The molecule has 1 aromatic heterocycles. The average Bonchev–Trinajstić information content (AvgIpc) is 3.14. The first-order chi connectivity index (χ1) is 16.6. The zero-order valence-electron chi connectivity index (χ0n) is 18.0. The van der Waals surface area contributed by atoms with E-state index in [2.05, 4.69) is 63.8 Å². The van der Waals surface area contributed by atoms with Crippen molar-refractivity contribution in [2.24, 2.45) is 0 Å². The second kappa shape index (κ2) is 10.3. The van der Waals surface area contributed by atoms with Crippen LogP contribution in [-0.4, -0.2) is 22.4 Å². The number of fused-ring (bicyclic) bond motifs is 1. The molecule has 0 aliphatic rings. The molecule has 0 unspecified atom stereocenters. The zero-order valence-corrected chi connectivity index (χ0v) is 22.7. The SMILES string of the molecule is Cc1ccc(NC(=O)c2cc3cc(Br)ccc3n2NC(=O)C(=O)Nc2ccc(Br)cc2F)c(Br)c1. The van der Waals surface area contributed by atoms with Crippen LogP contribution in [0, 0.1) is 12.7 Å². The molecule has 0 saturated heterocycles. The van der Waals surface area contributed by atoms with Crippen molar-refractivity contribution in [1.82, 2.24) is 4.68 Å². The van der Waals surface area contributed by atoms with Crippen molar-refractivity contribution in [3.8, 4) is 0 Å². The Balaban J connectivity index is 1.64. The summed E-state index contributed by atoms with van der Waals surface area (Å²) in [6, 6.07) is 16.3. The van der Waals surface area contributed by atoms with Gasteiger partial charge in [0.2, 0.25) is 0 Å². The van der Waals surface area contributed by atoms with Crippen LogP contribution in [0.4, 0.5) is 15.8 Å². The summed E-state index contributed by atoms with van der Waals surface area (Å²) in [5.74, 6) is -3.40. The molecule has 0 aliphatic heterocycles. The van der Waals surface area contributed by atoms with Crippen molar-refractivity contribution in [2.75, 3.05) is 16.1 Å². The predicted molar refractivity (Wildman–Crippen MR) is 144 cm³/mol. The van der Waals surface area contributed by atoms with E-state index in [1.165, 1.54) is 16.8 Å². The molecule has 4 rings (SSSR count). The highest BCUT2D eigenvalue weighted by atomic mass is 79.9. The van der Waals surface area contributed by atoms with Gasteiger partial charge >= 0.3 is 11.8 Å². The summed E-state index contributed by atoms with van der Waals surface area (Å²) >= 11 is 9.95. The van der Waals surface area contributed by atoms with E-state index in [-0.39, 0.29) is 11.4 Å². The topological polar surface area (TPSA) is 92.2 Å². The lowest BCUT2D eigenvalue weighted by Crippen LogP contribution is -2.36. The second-order valence-corrected chi connectivity index (χ2v) is 10.2. The second-order valence-electron chi connectivity index (χ2n) is 7.52. The largest absolute Gasteiger partial charge is 0.328 e. The van der Waals surface area contributed by atoms with Gasteiger partial charge in [0.15, 0.2) is 0 Å². The summed E-state index contributed by atoms with van der Waals surface area (Å²) in [4.78, 5) is 38.4. The number of aryl methyl sites for hydroxylation is 1. The molecule has 7 nitrogen and oxygen atoms in total. The van der Waals surface area contributed by atoms with Crippen LogP contribution in [0.1, 0.15) is 16.1 Å². The minimum absolute atomic E-state index is 0.0848. The summed E-state index contributed by atoms with van der Waals surface area (Å²) in [6.07, 6.45) is 0. The number of hydrogen-bond acceptors (Lipinski definition) is 3. The Bertz CT molecular complexity index is 1500. The van der Waals surface area contributed by atoms with Gasteiger partial charge in [-0.3, -0.25) is 19.8 Å². The predicted octanol–water partition coefficient (Wildman–Crippen LogP) is 6.34. The molecule has 0 fully saturated rings. The number of carbonyl (C=O) groups is 3. The van der Waals surface area contributed by atoms with Gasteiger partial charge in [-0.25, -0.2) is 9.07 Å². The number of benzene rings is 3. The van der Waals surface area contributed by atoms with E-state index >= 15 is 0 Å². The first-order valence-electron chi connectivity index (χ1n) is 10.1. The molecule has 0 aliphatic carbocycles. The monoisotopic (exact) mass is 664 g/mol. The molecule has 0 radical (unpaired) electrons. The Hall–Kier alpha value is -3.02. The molecule has 3 amide bonds. The van der Waals surface area contributed by atoms with Crippen molar-refractivity contribution in [1.29, 1.82) is 0 Å². The lowest BCUT2D eigenvalue weighted by molar-refractivity contribution is -0.133. The standard InChI is InChI=1S/C24H16Br3FN4O3/c1-12-2-5-18(16(27)8-12)29-22(33)21-10-13-9-14(25)4-7-20(13)32(21)31-24(35)23(34)30-19-6-3-15(26)11-17(19)28/h2-11H,1H3,(H,29,33)(H,30,34)(H,31,35). The van der Waals surface area contributed by atoms with Gasteiger partial charge in [-0.1, -0.05) is 37.9 Å². The molecule has 0 saturated carbocycles. The van der Waals surface area contributed by atoms with Gasteiger partial charge in [0.1, 0.15) is 11.5 Å². The van der Waals surface area contributed by atoms with Crippen LogP contribution in [0.5, 0.6) is 0 Å². The van der Waals surface area contributed by atoms with Crippen LogP contribution in [0.2, 0.25) is 0 Å². The summed E-state index contributed by atoms with van der Waals surface area (Å²) in [7, 11) is 0. The molecule has 178 valence electrons. The Labute approximate surface area is 224 Å². The molecule has 1 heterocycles. The molecule has 0 bridgehead atoms. The number of halogens is 4. The van der Waals surface area contributed by atoms with Crippen LogP contribution in [-0.2, 0) is 9.59 Å². The Morgan fingerprint density at radius 2 is 1.49 bits per heavy atom. The van der Waals surface area contributed by atoms with Crippen LogP contribution >= 0.6 is 47.8 Å². The van der Waals surface area contributed by atoms with Crippen LogP contribution < -0.4 is 16.1 Å². The fourth-order valence-electron chi connectivity index (χ4n) is 3.30. The number of amides is 3. The maximum atomic E-state index is 14.1. The number of carbonyl (C=O) groups excluding carboxylic acids is 3. The van der Waals surface area contributed by atoms with Crippen molar-refractivity contribution in [2.45, 2.75) is 6.92 Å². The van der Waals surface area contributed by atoms with Crippen LogP contribution in [0.3, 0.4) is 0 Å². The lowest BCUT2D eigenvalue weighted by atomic mass is 10.2. The summed E-state index contributed by atoms with van der Waals surface area (Å²) < 4.78 is 17.3. The third-order valence-electron chi connectivity index (χ3n) is 4.97. The maximum absolute atomic E-state index is 14.1. The smallest absolute Gasteiger partial charge is 0.320 e. The van der Waals surface area contributed by atoms with E-state index < -0.39 is 23.5 Å². The highest BCUT2D eigenvalue weighted by molar-refractivity contribution is 9.11. The third kappa shape index (κ3) is 5.63. The van der Waals surface area contributed by atoms with Gasteiger partial charge in [0.05, 0.1) is 16.9 Å². The summed E-state index contributed by atoms with van der Waals surface area (Å²) in [6.45, 7) is 1.92. The number of nitrogens with zero attached hydrogens (tertiary/aromatic N) is 1. The molecule has 0 atom stereocenters. The number of aromatic nitrogens is 1. The minimum atomic E-state index is -1.10. The first kappa shape index (κ1) is 25.1. The highest BCUT2D eigenvalue weighted by Crippen LogP contribution is 2.27. The molecule has 35 heavy (non-hydrogen) atoms. The van der Waals surface area contributed by atoms with Crippen molar-refractivity contribution in [3.05, 3.63) is 91.2 Å². The van der Waals surface area contributed by atoms with Crippen molar-refractivity contribution in [3.63, 3.8) is 0 Å². The number of anilines is 2. The first-order valence-corrected chi connectivity index (χ1v) is 12.5. The van der Waals surface area contributed by atoms with Gasteiger partial charge in [-0.05, 0) is 83.0 Å². The van der Waals surface area contributed by atoms with Gasteiger partial charge in [0.25, 0.3) is 5.91 Å². The highest BCUT2D eigenvalue weighted by Gasteiger charge is 2.22. The number of nitrogens with one attached hydrogen (secondary N) is 3. The fourth-order valence-corrected chi connectivity index (χ4v) is 4.61. The van der Waals surface area contributed by atoms with E-state index in [1.54, 1.807) is 30.3 Å². The van der Waals surface area contributed by atoms with E-state index in [1.807, 2.05) is 19.1 Å². The van der Waals surface area contributed by atoms with Gasteiger partial charge in [-0.2, -0.15) is 0 Å². The lowest BCUT2D eigenvalue weighted by Gasteiger charge is -2.13. The molecular weight excluding hydrogens is 651 g/mol. The molecule has 3 aromatic carbocycles. The average molecular weight is 667 g/mol. The van der Waals surface area contributed by atoms with Gasteiger partial charge in [0, 0.05) is 18.8 Å².